The molecular weight excluding hydrogens is 414 g/mol. The molecule has 6 heteroatoms. The molecule has 2 aromatic rings. The Labute approximate surface area is 174 Å². The van der Waals surface area contributed by atoms with E-state index in [2.05, 4.69) is 0 Å². The van der Waals surface area contributed by atoms with Gasteiger partial charge >= 0.3 is 0 Å². The lowest BCUT2D eigenvalue weighted by molar-refractivity contribution is 0.474. The fourth-order valence-electron chi connectivity index (χ4n) is 2.88. The molecule has 0 unspecified atom stereocenters. The summed E-state index contributed by atoms with van der Waals surface area (Å²) in [6.07, 6.45) is 8.38. The zero-order valence-electron chi connectivity index (χ0n) is 14.4. The monoisotopic (exact) mass is 434 g/mol. The zero-order chi connectivity index (χ0) is 19.1. The molecule has 26 heavy (non-hydrogen) atoms. The molecule has 0 heterocycles. The largest absolute Gasteiger partial charge is 0.506 e. The summed E-state index contributed by atoms with van der Waals surface area (Å²) >= 11 is 24.2. The lowest BCUT2D eigenvalue weighted by Crippen LogP contribution is -1.90. The van der Waals surface area contributed by atoms with Gasteiger partial charge in [-0.15, -0.1) is 0 Å². The number of unbranched alkanes of at least 4 members (excludes halogenated alkanes) is 5. The first-order chi connectivity index (χ1) is 12.4. The van der Waals surface area contributed by atoms with E-state index in [0.29, 0.717) is 10.0 Å². The Morgan fingerprint density at radius 1 is 0.500 bits per heavy atom. The Morgan fingerprint density at radius 2 is 0.846 bits per heavy atom. The summed E-state index contributed by atoms with van der Waals surface area (Å²) in [6.45, 7) is 0. The molecule has 142 valence electrons. The lowest BCUT2D eigenvalue weighted by Gasteiger charge is -2.08. The number of phenolic OH excluding ortho intramolecular Hbond substituents is 2. The van der Waals surface area contributed by atoms with Crippen LogP contribution in [0, 0.1) is 0 Å². The van der Waals surface area contributed by atoms with Crippen LogP contribution in [0.4, 0.5) is 0 Å². The predicted molar refractivity (Wildman–Crippen MR) is 111 cm³/mol. The number of aryl methyl sites for hydroxylation is 2. The average Bonchev–Trinajstić information content (AvgIpc) is 2.63. The highest BCUT2D eigenvalue weighted by atomic mass is 35.5. The molecule has 0 amide bonds. The Kier molecular flexibility index (Phi) is 8.69. The molecule has 0 radical (unpaired) electrons. The van der Waals surface area contributed by atoms with Crippen LogP contribution in [0.15, 0.2) is 24.3 Å². The molecule has 2 aromatic carbocycles. The molecule has 0 spiro atoms. The van der Waals surface area contributed by atoms with Crippen LogP contribution in [0.3, 0.4) is 0 Å². The van der Waals surface area contributed by atoms with E-state index in [1.807, 2.05) is 12.1 Å². The van der Waals surface area contributed by atoms with Crippen LogP contribution in [-0.2, 0) is 12.8 Å². The maximum atomic E-state index is 9.50. The van der Waals surface area contributed by atoms with E-state index in [1.165, 1.54) is 0 Å². The number of aromatic hydroxyl groups is 2. The second kappa shape index (κ2) is 10.5. The Hall–Kier alpha value is -0.800. The van der Waals surface area contributed by atoms with E-state index in [4.69, 9.17) is 46.4 Å². The van der Waals surface area contributed by atoms with Gasteiger partial charge in [-0.3, -0.25) is 0 Å². The van der Waals surface area contributed by atoms with E-state index >= 15 is 0 Å². The second-order valence-corrected chi connectivity index (χ2v) is 7.88. The van der Waals surface area contributed by atoms with Crippen molar-refractivity contribution < 1.29 is 10.2 Å². The van der Waals surface area contributed by atoms with Crippen LogP contribution in [-0.4, -0.2) is 10.2 Å². The van der Waals surface area contributed by atoms with E-state index in [-0.39, 0.29) is 21.5 Å². The third-order valence-electron chi connectivity index (χ3n) is 4.43. The third kappa shape index (κ3) is 5.85. The molecule has 0 aliphatic heterocycles. The summed E-state index contributed by atoms with van der Waals surface area (Å²) in [4.78, 5) is 0. The van der Waals surface area contributed by atoms with Gasteiger partial charge in [-0.05, 0) is 48.9 Å². The van der Waals surface area contributed by atoms with Crippen molar-refractivity contribution in [1.29, 1.82) is 0 Å². The number of hydrogen-bond acceptors (Lipinski definition) is 2. The van der Waals surface area contributed by atoms with Gasteiger partial charge in [0.1, 0.15) is 21.5 Å². The van der Waals surface area contributed by atoms with Crippen molar-refractivity contribution in [1.82, 2.24) is 0 Å². The van der Waals surface area contributed by atoms with Crippen molar-refractivity contribution in [3.05, 3.63) is 55.5 Å². The average molecular weight is 436 g/mol. The molecule has 2 rings (SSSR count). The van der Waals surface area contributed by atoms with E-state index in [1.54, 1.807) is 12.1 Å². The van der Waals surface area contributed by atoms with Crippen LogP contribution in [0.2, 0.25) is 20.1 Å². The first-order valence-corrected chi connectivity index (χ1v) is 10.2. The van der Waals surface area contributed by atoms with Crippen LogP contribution >= 0.6 is 46.4 Å². The molecule has 0 aliphatic rings. The van der Waals surface area contributed by atoms with Crippen molar-refractivity contribution in [2.45, 2.75) is 51.4 Å². The molecule has 0 atom stereocenters. The van der Waals surface area contributed by atoms with Crippen LogP contribution in [0.25, 0.3) is 0 Å². The first-order valence-electron chi connectivity index (χ1n) is 8.73. The highest BCUT2D eigenvalue weighted by Gasteiger charge is 2.10. The van der Waals surface area contributed by atoms with Crippen molar-refractivity contribution in [2.75, 3.05) is 0 Å². The highest BCUT2D eigenvalue weighted by molar-refractivity contribution is 6.43. The first kappa shape index (κ1) is 21.5. The van der Waals surface area contributed by atoms with Gasteiger partial charge in [-0.2, -0.15) is 0 Å². The summed E-state index contributed by atoms with van der Waals surface area (Å²) in [5.74, 6) is 0.0471. The number of hydrogen-bond donors (Lipinski definition) is 2. The molecular formula is C20H22Cl4O2. The van der Waals surface area contributed by atoms with Crippen LogP contribution in [0.1, 0.15) is 49.7 Å². The number of rotatable bonds is 9. The maximum Gasteiger partial charge on any atom is 0.135 e. The fraction of sp³-hybridized carbons (Fsp3) is 0.400. The van der Waals surface area contributed by atoms with Crippen LogP contribution in [0.5, 0.6) is 11.5 Å². The van der Waals surface area contributed by atoms with Gasteiger partial charge in [0.25, 0.3) is 0 Å². The van der Waals surface area contributed by atoms with Crippen molar-refractivity contribution in [3.63, 3.8) is 0 Å². The quantitative estimate of drug-likeness (QED) is 0.393. The van der Waals surface area contributed by atoms with Gasteiger partial charge in [0.15, 0.2) is 0 Å². The van der Waals surface area contributed by atoms with Gasteiger partial charge in [-0.25, -0.2) is 0 Å². The third-order valence-corrected chi connectivity index (χ3v) is 6.25. The number of phenols is 2. The van der Waals surface area contributed by atoms with Gasteiger partial charge in [0.2, 0.25) is 0 Å². The minimum atomic E-state index is 0.0236. The standard InChI is InChI=1S/C20H22Cl4O2/c21-17-13(9-11-15(25)19(17)23)7-5-3-1-2-4-6-8-14-10-12-16(26)20(24)18(14)22/h9-12,25-26H,1-8H2. The smallest absolute Gasteiger partial charge is 0.135 e. The summed E-state index contributed by atoms with van der Waals surface area (Å²) < 4.78 is 0. The number of halogens is 4. The van der Waals surface area contributed by atoms with Crippen molar-refractivity contribution in [2.24, 2.45) is 0 Å². The predicted octanol–water partition coefficient (Wildman–Crippen LogP) is 7.84. The summed E-state index contributed by atoms with van der Waals surface area (Å²) in [7, 11) is 0. The minimum Gasteiger partial charge on any atom is -0.506 e. The summed E-state index contributed by atoms with van der Waals surface area (Å²) in [5, 5.41) is 20.4. The van der Waals surface area contributed by atoms with Crippen molar-refractivity contribution >= 4 is 46.4 Å². The van der Waals surface area contributed by atoms with E-state index in [0.717, 1.165) is 62.5 Å². The molecule has 0 saturated carbocycles. The fourth-order valence-corrected chi connectivity index (χ4v) is 3.76. The van der Waals surface area contributed by atoms with Gasteiger partial charge in [-0.1, -0.05) is 84.2 Å². The molecule has 0 aliphatic carbocycles. The molecule has 0 bridgehead atoms. The number of benzene rings is 2. The minimum absolute atomic E-state index is 0.0236. The normalized spacial score (nSPS) is 11.1. The SMILES string of the molecule is Oc1ccc(CCCCCCCCc2ccc(O)c(Cl)c2Cl)c(Cl)c1Cl. The highest BCUT2D eigenvalue weighted by Crippen LogP contribution is 2.35. The zero-order valence-corrected chi connectivity index (χ0v) is 17.4. The Balaban J connectivity index is 1.62. The van der Waals surface area contributed by atoms with Gasteiger partial charge in [0.05, 0.1) is 10.0 Å². The molecule has 2 nitrogen and oxygen atoms in total. The molecule has 0 aromatic heterocycles. The van der Waals surface area contributed by atoms with E-state index in [9.17, 15) is 10.2 Å². The maximum absolute atomic E-state index is 9.50. The second-order valence-electron chi connectivity index (χ2n) is 6.36. The Morgan fingerprint density at radius 3 is 1.23 bits per heavy atom. The Bertz CT molecular complexity index is 684. The molecule has 2 N–H and O–H groups in total. The van der Waals surface area contributed by atoms with Crippen LogP contribution < -0.4 is 0 Å². The summed E-state index contributed by atoms with van der Waals surface area (Å²) in [5.41, 5.74) is 1.96. The topological polar surface area (TPSA) is 40.5 Å². The molecule has 0 saturated heterocycles. The lowest BCUT2D eigenvalue weighted by atomic mass is 10.0. The summed E-state index contributed by atoms with van der Waals surface area (Å²) in [6, 6.07) is 6.83. The van der Waals surface area contributed by atoms with Gasteiger partial charge in [0, 0.05) is 0 Å². The van der Waals surface area contributed by atoms with Gasteiger partial charge < -0.3 is 10.2 Å². The molecule has 0 fully saturated rings. The van der Waals surface area contributed by atoms with Crippen molar-refractivity contribution in [3.8, 4) is 11.5 Å². The van der Waals surface area contributed by atoms with E-state index < -0.39 is 0 Å².